The molecule has 7 rings (SSSR count). The number of fused-ring (bicyclic) bond motifs is 3. The molecule has 212 valence electrons. The Bertz CT molecular complexity index is 1370. The molecule has 1 aromatic carbocycles. The Hall–Kier alpha value is -3.28. The Morgan fingerprint density at radius 2 is 1.80 bits per heavy atom. The molecule has 40 heavy (non-hydrogen) atoms. The van der Waals surface area contributed by atoms with E-state index in [-0.39, 0.29) is 37.0 Å². The molecule has 1 saturated carbocycles. The van der Waals surface area contributed by atoms with Gasteiger partial charge >= 0.3 is 6.09 Å². The first-order chi connectivity index (χ1) is 19.5. The fourth-order valence-electron chi connectivity index (χ4n) is 7.08. The molecule has 3 saturated heterocycles. The van der Waals surface area contributed by atoms with Gasteiger partial charge in [-0.15, -0.1) is 0 Å². The van der Waals surface area contributed by atoms with Crippen LogP contribution in [0.2, 0.25) is 0 Å². The third kappa shape index (κ3) is 4.59. The number of hydrogen-bond acceptors (Lipinski definition) is 8. The fourth-order valence-corrected chi connectivity index (χ4v) is 7.08. The van der Waals surface area contributed by atoms with Crippen LogP contribution in [-0.4, -0.2) is 86.7 Å². The zero-order valence-electron chi connectivity index (χ0n) is 22.6. The molecule has 1 amide bonds. The number of aromatic nitrogens is 4. The number of benzene rings is 1. The summed E-state index contributed by atoms with van der Waals surface area (Å²) in [6, 6.07) is 7.42. The number of amides is 1. The first-order valence-electron chi connectivity index (χ1n) is 14.5. The van der Waals surface area contributed by atoms with Crippen molar-refractivity contribution in [1.29, 1.82) is 0 Å². The minimum Gasteiger partial charge on any atom is -0.465 e. The quantitative estimate of drug-likeness (QED) is 0.470. The molecule has 2 atom stereocenters. The van der Waals surface area contributed by atoms with E-state index in [4.69, 9.17) is 24.5 Å². The zero-order chi connectivity index (χ0) is 27.3. The lowest BCUT2D eigenvalue weighted by molar-refractivity contribution is -0.0337. The smallest absolute Gasteiger partial charge is 0.411 e. The Labute approximate surface area is 232 Å². The molecule has 2 unspecified atom stereocenters. The molecule has 3 aliphatic heterocycles. The molecule has 2 aromatic heterocycles. The maximum absolute atomic E-state index is 11.7. The molecule has 3 aromatic rings. The SMILES string of the molecule is O=C(O)N(CCO)c1ccc(-c2nc(N3CC4CCC(C3)O4)c3cnn([C@H]4CC[C@@]5(CCCO5)CC4)c3n2)cc1. The summed E-state index contributed by atoms with van der Waals surface area (Å²) in [5, 5.41) is 24.7. The molecule has 4 fully saturated rings. The van der Waals surface area contributed by atoms with Crippen LogP contribution >= 0.6 is 0 Å². The van der Waals surface area contributed by atoms with Crippen LogP contribution in [0.1, 0.15) is 57.4 Å². The first kappa shape index (κ1) is 25.7. The van der Waals surface area contributed by atoms with E-state index in [2.05, 4.69) is 9.58 Å². The first-order valence-corrected chi connectivity index (χ1v) is 14.5. The van der Waals surface area contributed by atoms with E-state index in [0.29, 0.717) is 11.5 Å². The number of carboxylic acid groups (broad SMARTS) is 1. The summed E-state index contributed by atoms with van der Waals surface area (Å²) < 4.78 is 14.4. The van der Waals surface area contributed by atoms with E-state index >= 15 is 0 Å². The predicted molar refractivity (Wildman–Crippen MR) is 149 cm³/mol. The van der Waals surface area contributed by atoms with Gasteiger partial charge in [0.1, 0.15) is 5.82 Å². The van der Waals surface area contributed by atoms with E-state index < -0.39 is 6.09 Å². The number of morpholine rings is 1. The van der Waals surface area contributed by atoms with Crippen LogP contribution < -0.4 is 9.80 Å². The summed E-state index contributed by atoms with van der Waals surface area (Å²) in [5.74, 6) is 1.47. The number of carbonyl (C=O) groups is 1. The molecule has 4 aliphatic rings. The molecule has 11 nitrogen and oxygen atoms in total. The summed E-state index contributed by atoms with van der Waals surface area (Å²) in [5.41, 5.74) is 2.18. The van der Waals surface area contributed by atoms with Crippen molar-refractivity contribution in [2.75, 3.05) is 42.6 Å². The fraction of sp³-hybridized carbons (Fsp3) is 0.586. The third-order valence-corrected chi connectivity index (χ3v) is 9.17. The van der Waals surface area contributed by atoms with Gasteiger partial charge in [-0.25, -0.2) is 19.4 Å². The zero-order valence-corrected chi connectivity index (χ0v) is 22.6. The summed E-state index contributed by atoms with van der Waals surface area (Å²) in [7, 11) is 0. The van der Waals surface area contributed by atoms with Gasteiger partial charge in [-0.1, -0.05) is 0 Å². The average Bonchev–Trinajstić information content (AvgIpc) is 3.70. The third-order valence-electron chi connectivity index (χ3n) is 9.17. The molecule has 1 aliphatic carbocycles. The van der Waals surface area contributed by atoms with Crippen LogP contribution in [0.15, 0.2) is 30.5 Å². The molecule has 2 N–H and O–H groups in total. The summed E-state index contributed by atoms with van der Waals surface area (Å²) in [6.07, 6.45) is 9.82. The molecule has 5 heterocycles. The highest BCUT2D eigenvalue weighted by atomic mass is 16.5. The van der Waals surface area contributed by atoms with Gasteiger partial charge in [-0.3, -0.25) is 4.90 Å². The lowest BCUT2D eigenvalue weighted by Crippen LogP contribution is -2.43. The number of aliphatic hydroxyl groups excluding tert-OH is 1. The highest BCUT2D eigenvalue weighted by Gasteiger charge is 2.40. The number of hydrogen-bond donors (Lipinski definition) is 2. The van der Waals surface area contributed by atoms with Crippen LogP contribution in [0.3, 0.4) is 0 Å². The van der Waals surface area contributed by atoms with Crippen molar-refractivity contribution in [1.82, 2.24) is 19.7 Å². The maximum atomic E-state index is 11.7. The number of nitrogens with zero attached hydrogens (tertiary/aromatic N) is 6. The standard InChI is InChI=1S/C29H36N6O5/c36-14-13-34(28(37)38)20-4-2-19(3-5-20)25-31-26(33-17-22-6-7-23(18-33)40-22)24-16-30-35(27(24)32-25)21-8-11-29(12-9-21)10-1-15-39-29/h2-5,16,21-23,36H,1,6-15,17-18H2,(H,37,38)/t21-,22?,23?,29-. The van der Waals surface area contributed by atoms with Crippen LogP contribution in [0, 0.1) is 0 Å². The molecular formula is C29H36N6O5. The van der Waals surface area contributed by atoms with E-state index in [1.807, 2.05) is 18.3 Å². The molecule has 2 bridgehead atoms. The van der Waals surface area contributed by atoms with E-state index in [1.54, 1.807) is 12.1 Å². The molecular weight excluding hydrogens is 512 g/mol. The summed E-state index contributed by atoms with van der Waals surface area (Å²) in [4.78, 5) is 25.2. The number of anilines is 2. The molecule has 1 spiro atoms. The monoisotopic (exact) mass is 548 g/mol. The van der Waals surface area contributed by atoms with Gasteiger partial charge in [0.2, 0.25) is 0 Å². The highest BCUT2D eigenvalue weighted by molar-refractivity contribution is 5.89. The van der Waals surface area contributed by atoms with Crippen molar-refractivity contribution in [3.05, 3.63) is 30.5 Å². The van der Waals surface area contributed by atoms with Crippen LogP contribution in [0.25, 0.3) is 22.4 Å². The van der Waals surface area contributed by atoms with Crippen molar-refractivity contribution < 1.29 is 24.5 Å². The lowest BCUT2D eigenvalue weighted by Gasteiger charge is -2.36. The maximum Gasteiger partial charge on any atom is 0.411 e. The minimum absolute atomic E-state index is 0.00749. The second-order valence-corrected chi connectivity index (χ2v) is 11.6. The van der Waals surface area contributed by atoms with Gasteiger partial charge in [0.25, 0.3) is 0 Å². The van der Waals surface area contributed by atoms with E-state index in [1.165, 1.54) is 0 Å². The van der Waals surface area contributed by atoms with Crippen molar-refractivity contribution in [2.24, 2.45) is 0 Å². The van der Waals surface area contributed by atoms with Gasteiger partial charge in [-0.2, -0.15) is 5.10 Å². The van der Waals surface area contributed by atoms with Crippen LogP contribution in [0.5, 0.6) is 0 Å². The van der Waals surface area contributed by atoms with Gasteiger partial charge in [-0.05, 0) is 75.6 Å². The van der Waals surface area contributed by atoms with Gasteiger partial charge in [0.05, 0.1) is 48.6 Å². The molecule has 0 radical (unpaired) electrons. The Kier molecular flexibility index (Phi) is 6.60. The van der Waals surface area contributed by atoms with Crippen LogP contribution in [-0.2, 0) is 9.47 Å². The lowest BCUT2D eigenvalue weighted by atomic mass is 9.80. The summed E-state index contributed by atoms with van der Waals surface area (Å²) >= 11 is 0. The largest absolute Gasteiger partial charge is 0.465 e. The van der Waals surface area contributed by atoms with Gasteiger partial charge < -0.3 is 24.6 Å². The number of rotatable bonds is 6. The van der Waals surface area contributed by atoms with Crippen molar-refractivity contribution in [2.45, 2.75) is 75.2 Å². The summed E-state index contributed by atoms with van der Waals surface area (Å²) in [6.45, 7) is 2.22. The molecule has 11 heteroatoms. The normalized spacial score (nSPS) is 28.0. The highest BCUT2D eigenvalue weighted by Crippen LogP contribution is 2.44. The Morgan fingerprint density at radius 1 is 1.05 bits per heavy atom. The predicted octanol–water partition coefficient (Wildman–Crippen LogP) is 4.00. The second kappa shape index (κ2) is 10.3. The topological polar surface area (TPSA) is 126 Å². The van der Waals surface area contributed by atoms with Crippen LogP contribution in [0.4, 0.5) is 16.3 Å². The van der Waals surface area contributed by atoms with Gasteiger partial charge in [0, 0.05) is 30.9 Å². The van der Waals surface area contributed by atoms with E-state index in [0.717, 1.165) is 98.4 Å². The van der Waals surface area contributed by atoms with Crippen molar-refractivity contribution in [3.63, 3.8) is 0 Å². The minimum atomic E-state index is -1.11. The Morgan fingerprint density at radius 3 is 2.45 bits per heavy atom. The van der Waals surface area contributed by atoms with E-state index in [9.17, 15) is 15.0 Å². The second-order valence-electron chi connectivity index (χ2n) is 11.6. The average molecular weight is 549 g/mol. The van der Waals surface area contributed by atoms with Gasteiger partial charge in [0.15, 0.2) is 11.5 Å². The number of aliphatic hydroxyl groups is 1. The number of ether oxygens (including phenoxy) is 2. The van der Waals surface area contributed by atoms with Crippen molar-refractivity contribution >= 4 is 28.6 Å². The van der Waals surface area contributed by atoms with Crippen molar-refractivity contribution in [3.8, 4) is 11.4 Å². The Balaban J connectivity index is 1.26.